The van der Waals surface area contributed by atoms with Gasteiger partial charge in [0.25, 0.3) is 5.56 Å². The van der Waals surface area contributed by atoms with Crippen LogP contribution in [0.15, 0.2) is 23.0 Å². The highest BCUT2D eigenvalue weighted by Crippen LogP contribution is 2.33. The van der Waals surface area contributed by atoms with Gasteiger partial charge in [0.1, 0.15) is 11.9 Å². The standard InChI is InChI=1S/C17H23N3O3/c1-3-4-5-16-18-14-7-6-11(8-13(14)17(22)19-16)15-9-12(10-21)23-20(15)2/h6-8,12,15,21H,3-5,9-10H2,1-2H3,(H,18,19,22)/t12-,15-/m0/s1. The van der Waals surface area contributed by atoms with Crippen LogP contribution < -0.4 is 5.56 Å². The van der Waals surface area contributed by atoms with E-state index in [1.165, 1.54) is 0 Å². The van der Waals surface area contributed by atoms with Crippen LogP contribution in [0.3, 0.4) is 0 Å². The molecular formula is C17H23N3O3. The number of hydrogen-bond acceptors (Lipinski definition) is 5. The Morgan fingerprint density at radius 2 is 2.30 bits per heavy atom. The summed E-state index contributed by atoms with van der Waals surface area (Å²) in [6.07, 6.45) is 3.40. The van der Waals surface area contributed by atoms with E-state index in [1.807, 2.05) is 25.2 Å². The fourth-order valence-corrected chi connectivity index (χ4v) is 3.09. The summed E-state index contributed by atoms with van der Waals surface area (Å²) in [6, 6.07) is 5.86. The first-order valence-corrected chi connectivity index (χ1v) is 8.15. The monoisotopic (exact) mass is 317 g/mol. The van der Waals surface area contributed by atoms with E-state index in [4.69, 9.17) is 4.84 Å². The zero-order chi connectivity index (χ0) is 16.4. The van der Waals surface area contributed by atoms with E-state index in [2.05, 4.69) is 16.9 Å². The number of aliphatic hydroxyl groups excluding tert-OH is 1. The summed E-state index contributed by atoms with van der Waals surface area (Å²) in [4.78, 5) is 25.3. The number of rotatable bonds is 5. The van der Waals surface area contributed by atoms with E-state index in [1.54, 1.807) is 5.06 Å². The average Bonchev–Trinajstić information content (AvgIpc) is 2.94. The Bertz CT molecular complexity index is 743. The van der Waals surface area contributed by atoms with Gasteiger partial charge in [-0.15, -0.1) is 0 Å². The average molecular weight is 317 g/mol. The van der Waals surface area contributed by atoms with Crippen LogP contribution in [-0.2, 0) is 11.3 Å². The van der Waals surface area contributed by atoms with Crippen LogP contribution >= 0.6 is 0 Å². The number of benzene rings is 1. The number of aromatic amines is 1. The highest BCUT2D eigenvalue weighted by molar-refractivity contribution is 5.78. The second-order valence-corrected chi connectivity index (χ2v) is 6.10. The number of aryl methyl sites for hydroxylation is 1. The molecule has 2 heterocycles. The third-order valence-electron chi connectivity index (χ3n) is 4.39. The van der Waals surface area contributed by atoms with Crippen LogP contribution in [0.2, 0.25) is 0 Å². The lowest BCUT2D eigenvalue weighted by Gasteiger charge is -2.18. The first-order chi connectivity index (χ1) is 11.1. The lowest BCUT2D eigenvalue weighted by atomic mass is 10.0. The van der Waals surface area contributed by atoms with Crippen molar-refractivity contribution in [2.45, 2.75) is 44.8 Å². The molecular weight excluding hydrogens is 294 g/mol. The van der Waals surface area contributed by atoms with Gasteiger partial charge in [0.2, 0.25) is 0 Å². The Hall–Kier alpha value is -1.76. The van der Waals surface area contributed by atoms with Crippen molar-refractivity contribution >= 4 is 10.9 Å². The van der Waals surface area contributed by atoms with Crippen molar-refractivity contribution in [2.75, 3.05) is 13.7 Å². The Morgan fingerprint density at radius 1 is 1.48 bits per heavy atom. The third-order valence-corrected chi connectivity index (χ3v) is 4.39. The number of H-pyrrole nitrogens is 1. The molecule has 3 rings (SSSR count). The first kappa shape index (κ1) is 16.1. The normalized spacial score (nSPS) is 22.0. The summed E-state index contributed by atoms with van der Waals surface area (Å²) < 4.78 is 0. The number of aromatic nitrogens is 2. The minimum absolute atomic E-state index is 0.00263. The van der Waals surface area contributed by atoms with Crippen LogP contribution in [0, 0.1) is 0 Å². The number of fused-ring (bicyclic) bond motifs is 1. The van der Waals surface area contributed by atoms with E-state index in [9.17, 15) is 9.90 Å². The van der Waals surface area contributed by atoms with Crippen LogP contribution in [0.5, 0.6) is 0 Å². The Labute approximate surface area is 135 Å². The molecule has 0 saturated carbocycles. The molecule has 6 nitrogen and oxygen atoms in total. The molecule has 0 unspecified atom stereocenters. The number of nitrogens with zero attached hydrogens (tertiary/aromatic N) is 2. The molecule has 2 atom stereocenters. The zero-order valence-corrected chi connectivity index (χ0v) is 13.6. The largest absolute Gasteiger partial charge is 0.394 e. The molecule has 1 aliphatic rings. The molecule has 2 N–H and O–H groups in total. The number of unbranched alkanes of at least 4 members (excludes halogenated alkanes) is 1. The second kappa shape index (κ2) is 6.78. The number of aliphatic hydroxyl groups is 1. The van der Waals surface area contributed by atoms with Crippen LogP contribution in [0.4, 0.5) is 0 Å². The topological polar surface area (TPSA) is 78.5 Å². The number of hydrogen-bond donors (Lipinski definition) is 2. The van der Waals surface area contributed by atoms with E-state index in [0.29, 0.717) is 11.8 Å². The summed E-state index contributed by atoms with van der Waals surface area (Å²) in [7, 11) is 1.85. The molecule has 1 aromatic heterocycles. The molecule has 1 fully saturated rings. The minimum atomic E-state index is -0.188. The van der Waals surface area contributed by atoms with Crippen molar-refractivity contribution in [3.8, 4) is 0 Å². The van der Waals surface area contributed by atoms with Gasteiger partial charge < -0.3 is 10.1 Å². The predicted octanol–water partition coefficient (Wildman–Crippen LogP) is 1.93. The third kappa shape index (κ3) is 3.29. The second-order valence-electron chi connectivity index (χ2n) is 6.10. The summed E-state index contributed by atoms with van der Waals surface area (Å²) in [5, 5.41) is 11.6. The molecule has 0 amide bonds. The van der Waals surface area contributed by atoms with Gasteiger partial charge >= 0.3 is 0 Å². The molecule has 6 heteroatoms. The first-order valence-electron chi connectivity index (χ1n) is 8.15. The smallest absolute Gasteiger partial charge is 0.280 e. The van der Waals surface area contributed by atoms with E-state index < -0.39 is 0 Å². The van der Waals surface area contributed by atoms with Gasteiger partial charge in [0, 0.05) is 13.5 Å². The summed E-state index contributed by atoms with van der Waals surface area (Å²) in [5.74, 6) is 0.749. The highest BCUT2D eigenvalue weighted by Gasteiger charge is 2.31. The SMILES string of the molecule is CCCCc1nc(=O)c2cc([C@@H]3C[C@@H](CO)ON3C)ccc2[nH]1. The predicted molar refractivity (Wildman–Crippen MR) is 88.1 cm³/mol. The molecule has 0 bridgehead atoms. The van der Waals surface area contributed by atoms with Crippen molar-refractivity contribution in [2.24, 2.45) is 0 Å². The lowest BCUT2D eigenvalue weighted by Crippen LogP contribution is -2.18. The van der Waals surface area contributed by atoms with Gasteiger partial charge in [0.15, 0.2) is 0 Å². The minimum Gasteiger partial charge on any atom is -0.394 e. The zero-order valence-electron chi connectivity index (χ0n) is 13.6. The van der Waals surface area contributed by atoms with E-state index >= 15 is 0 Å². The summed E-state index contributed by atoms with van der Waals surface area (Å²) in [6.45, 7) is 2.11. The van der Waals surface area contributed by atoms with Gasteiger partial charge in [-0.3, -0.25) is 9.63 Å². The molecule has 0 spiro atoms. The van der Waals surface area contributed by atoms with E-state index in [-0.39, 0.29) is 24.3 Å². The van der Waals surface area contributed by atoms with Crippen LogP contribution in [-0.4, -0.2) is 39.9 Å². The van der Waals surface area contributed by atoms with Gasteiger partial charge in [-0.25, -0.2) is 0 Å². The molecule has 0 radical (unpaired) electrons. The van der Waals surface area contributed by atoms with Gasteiger partial charge in [-0.2, -0.15) is 10.0 Å². The number of nitrogens with one attached hydrogen (secondary N) is 1. The molecule has 1 aromatic carbocycles. The lowest BCUT2D eigenvalue weighted by molar-refractivity contribution is -0.153. The maximum atomic E-state index is 12.3. The maximum absolute atomic E-state index is 12.3. The number of hydroxylamine groups is 2. The molecule has 124 valence electrons. The van der Waals surface area contributed by atoms with Crippen molar-refractivity contribution in [1.82, 2.24) is 15.0 Å². The maximum Gasteiger partial charge on any atom is 0.280 e. The van der Waals surface area contributed by atoms with Crippen molar-refractivity contribution < 1.29 is 9.94 Å². The Kier molecular flexibility index (Phi) is 4.75. The molecule has 2 aromatic rings. The molecule has 0 aliphatic carbocycles. The van der Waals surface area contributed by atoms with Gasteiger partial charge in [-0.05, 0) is 30.5 Å². The Morgan fingerprint density at radius 3 is 3.00 bits per heavy atom. The van der Waals surface area contributed by atoms with Crippen molar-refractivity contribution in [3.05, 3.63) is 39.9 Å². The molecule has 23 heavy (non-hydrogen) atoms. The van der Waals surface area contributed by atoms with Crippen LogP contribution in [0.25, 0.3) is 10.9 Å². The van der Waals surface area contributed by atoms with E-state index in [0.717, 1.165) is 36.2 Å². The van der Waals surface area contributed by atoms with Gasteiger partial charge in [0.05, 0.1) is 23.6 Å². The van der Waals surface area contributed by atoms with Gasteiger partial charge in [-0.1, -0.05) is 19.4 Å². The molecule has 1 saturated heterocycles. The summed E-state index contributed by atoms with van der Waals surface area (Å²) in [5.41, 5.74) is 1.64. The Balaban J connectivity index is 1.93. The molecule has 1 aliphatic heterocycles. The van der Waals surface area contributed by atoms with Crippen LogP contribution in [0.1, 0.15) is 43.6 Å². The van der Waals surface area contributed by atoms with Crippen molar-refractivity contribution in [3.63, 3.8) is 0 Å². The van der Waals surface area contributed by atoms with Crippen molar-refractivity contribution in [1.29, 1.82) is 0 Å². The fourth-order valence-electron chi connectivity index (χ4n) is 3.09. The highest BCUT2D eigenvalue weighted by atomic mass is 16.7. The quantitative estimate of drug-likeness (QED) is 0.881. The summed E-state index contributed by atoms with van der Waals surface area (Å²) >= 11 is 0. The fraction of sp³-hybridized carbons (Fsp3) is 0.529.